The van der Waals surface area contributed by atoms with Crippen molar-refractivity contribution < 1.29 is 24.2 Å². The number of imide groups is 1. The van der Waals surface area contributed by atoms with E-state index in [0.29, 0.717) is 0 Å². The van der Waals surface area contributed by atoms with Gasteiger partial charge in [-0.05, 0) is 13.8 Å². The molecule has 0 aliphatic heterocycles. The summed E-state index contributed by atoms with van der Waals surface area (Å²) in [6, 6.07) is -0.849. The van der Waals surface area contributed by atoms with Gasteiger partial charge in [-0.15, -0.1) is 0 Å². The van der Waals surface area contributed by atoms with Gasteiger partial charge in [-0.25, -0.2) is 4.79 Å². The summed E-state index contributed by atoms with van der Waals surface area (Å²) in [4.78, 5) is 32.1. The smallest absolute Gasteiger partial charge is 0.413 e. The first-order chi connectivity index (χ1) is 6.97. The summed E-state index contributed by atoms with van der Waals surface area (Å²) in [6.07, 6.45) is -0.840. The van der Waals surface area contributed by atoms with Gasteiger partial charge < -0.3 is 9.84 Å². The van der Waals surface area contributed by atoms with Crippen molar-refractivity contribution in [2.75, 3.05) is 13.2 Å². The molecule has 0 aliphatic rings. The molecular weight excluding hydrogens is 204 g/mol. The van der Waals surface area contributed by atoms with E-state index >= 15 is 0 Å². The molecule has 1 atom stereocenters. The van der Waals surface area contributed by atoms with Gasteiger partial charge in [-0.3, -0.25) is 20.2 Å². The van der Waals surface area contributed by atoms with Gasteiger partial charge in [-0.1, -0.05) is 0 Å². The van der Waals surface area contributed by atoms with E-state index in [-0.39, 0.29) is 13.2 Å². The molecule has 3 N–H and O–H groups in total. The first-order valence-electron chi connectivity index (χ1n) is 4.40. The predicted molar refractivity (Wildman–Crippen MR) is 50.3 cm³/mol. The second-order valence-electron chi connectivity index (χ2n) is 2.71. The highest BCUT2D eigenvalue weighted by atomic mass is 16.5. The minimum Gasteiger partial charge on any atom is -0.480 e. The highest BCUT2D eigenvalue weighted by Crippen LogP contribution is 1.81. The van der Waals surface area contributed by atoms with Crippen LogP contribution in [0.1, 0.15) is 13.8 Å². The van der Waals surface area contributed by atoms with Gasteiger partial charge in [0.1, 0.15) is 6.04 Å². The Morgan fingerprint density at radius 1 is 1.40 bits per heavy atom. The Bertz CT molecular complexity index is 253. The van der Waals surface area contributed by atoms with E-state index in [2.05, 4.69) is 10.1 Å². The summed E-state index contributed by atoms with van der Waals surface area (Å²) in [5.41, 5.74) is 0. The number of hydrogen-bond donors (Lipinski definition) is 3. The molecule has 2 amide bonds. The zero-order chi connectivity index (χ0) is 11.8. The number of rotatable bonds is 5. The highest BCUT2D eigenvalue weighted by Gasteiger charge is 2.13. The monoisotopic (exact) mass is 218 g/mol. The molecule has 7 heteroatoms. The maximum atomic E-state index is 11.0. The van der Waals surface area contributed by atoms with Crippen molar-refractivity contribution in [3.63, 3.8) is 0 Å². The van der Waals surface area contributed by atoms with E-state index in [9.17, 15) is 14.4 Å². The molecule has 0 saturated heterocycles. The molecule has 0 aromatic rings. The fraction of sp³-hybridized carbons (Fsp3) is 0.625. The van der Waals surface area contributed by atoms with Gasteiger partial charge >= 0.3 is 12.1 Å². The minimum atomic E-state index is -1.07. The first-order valence-corrected chi connectivity index (χ1v) is 4.40. The average Bonchev–Trinajstić information content (AvgIpc) is 2.14. The molecule has 0 radical (unpaired) electrons. The van der Waals surface area contributed by atoms with E-state index in [0.717, 1.165) is 0 Å². The maximum absolute atomic E-state index is 11.0. The van der Waals surface area contributed by atoms with Crippen LogP contribution in [0.5, 0.6) is 0 Å². The molecule has 0 saturated carbocycles. The van der Waals surface area contributed by atoms with Crippen LogP contribution in [0.4, 0.5) is 4.79 Å². The lowest BCUT2D eigenvalue weighted by atomic mass is 10.3. The number of carboxylic acid groups (broad SMARTS) is 1. The molecule has 0 fully saturated rings. The first kappa shape index (κ1) is 13.4. The third-order valence-corrected chi connectivity index (χ3v) is 1.46. The Labute approximate surface area is 86.8 Å². The molecule has 0 spiro atoms. The number of alkyl carbamates (subject to hydrolysis) is 1. The van der Waals surface area contributed by atoms with E-state index in [1.54, 1.807) is 6.92 Å². The number of carbonyl (C=O) groups is 3. The SMILES string of the molecule is CCOC(=O)NC(=O)CN[C@@H](C)C(=O)O. The van der Waals surface area contributed by atoms with Crippen molar-refractivity contribution >= 4 is 18.0 Å². The van der Waals surface area contributed by atoms with E-state index in [4.69, 9.17) is 5.11 Å². The van der Waals surface area contributed by atoms with Crippen LogP contribution in [-0.2, 0) is 14.3 Å². The lowest BCUT2D eigenvalue weighted by Crippen LogP contribution is -2.43. The zero-order valence-electron chi connectivity index (χ0n) is 8.57. The number of hydrogen-bond acceptors (Lipinski definition) is 5. The average molecular weight is 218 g/mol. The summed E-state index contributed by atoms with van der Waals surface area (Å²) >= 11 is 0. The standard InChI is InChI=1S/C8H14N2O5/c1-3-15-8(14)10-6(11)4-9-5(2)7(12)13/h5,9H,3-4H2,1-2H3,(H,12,13)(H,10,11,14)/t5-/m0/s1. The predicted octanol–water partition coefficient (Wildman–Crippen LogP) is -0.678. The molecule has 0 aromatic carbocycles. The number of nitrogens with one attached hydrogen (secondary N) is 2. The molecule has 0 unspecified atom stereocenters. The molecule has 0 rings (SSSR count). The molecular formula is C8H14N2O5. The summed E-state index contributed by atoms with van der Waals surface area (Å²) in [6.45, 7) is 2.90. The van der Waals surface area contributed by atoms with Crippen molar-refractivity contribution in [3.05, 3.63) is 0 Å². The summed E-state index contributed by atoms with van der Waals surface area (Å²) < 4.78 is 4.45. The molecule has 0 aromatic heterocycles. The van der Waals surface area contributed by atoms with Crippen LogP contribution in [0.15, 0.2) is 0 Å². The third kappa shape index (κ3) is 6.44. The number of amides is 2. The Morgan fingerprint density at radius 3 is 2.47 bits per heavy atom. The Balaban J connectivity index is 3.75. The van der Waals surface area contributed by atoms with Gasteiger partial charge in [0.15, 0.2) is 0 Å². The van der Waals surface area contributed by atoms with E-state index in [1.165, 1.54) is 6.92 Å². The third-order valence-electron chi connectivity index (χ3n) is 1.46. The summed E-state index contributed by atoms with van der Waals surface area (Å²) in [7, 11) is 0. The molecule has 0 bridgehead atoms. The van der Waals surface area contributed by atoms with Crippen molar-refractivity contribution in [1.29, 1.82) is 0 Å². The van der Waals surface area contributed by atoms with E-state index < -0.39 is 24.0 Å². The van der Waals surface area contributed by atoms with Gasteiger partial charge in [-0.2, -0.15) is 0 Å². The lowest BCUT2D eigenvalue weighted by molar-refractivity contribution is -0.139. The van der Waals surface area contributed by atoms with Gasteiger partial charge in [0.2, 0.25) is 5.91 Å². The van der Waals surface area contributed by atoms with Crippen LogP contribution >= 0.6 is 0 Å². The quantitative estimate of drug-likeness (QED) is 0.564. The number of carbonyl (C=O) groups excluding carboxylic acids is 2. The van der Waals surface area contributed by atoms with Crippen LogP contribution in [-0.4, -0.2) is 42.3 Å². The van der Waals surface area contributed by atoms with Crippen LogP contribution in [0.25, 0.3) is 0 Å². The second kappa shape index (κ2) is 6.77. The van der Waals surface area contributed by atoms with Crippen LogP contribution in [0.3, 0.4) is 0 Å². The Morgan fingerprint density at radius 2 is 2.00 bits per heavy atom. The number of carboxylic acids is 1. The van der Waals surface area contributed by atoms with Crippen molar-refractivity contribution in [3.8, 4) is 0 Å². The fourth-order valence-corrected chi connectivity index (χ4v) is 0.658. The van der Waals surface area contributed by atoms with Crippen LogP contribution < -0.4 is 10.6 Å². The lowest BCUT2D eigenvalue weighted by Gasteiger charge is -2.08. The molecule has 15 heavy (non-hydrogen) atoms. The molecule has 86 valence electrons. The largest absolute Gasteiger partial charge is 0.480 e. The van der Waals surface area contributed by atoms with Crippen molar-refractivity contribution in [2.24, 2.45) is 0 Å². The minimum absolute atomic E-state index is 0.165. The normalized spacial score (nSPS) is 11.6. The number of ether oxygens (including phenoxy) is 1. The second-order valence-corrected chi connectivity index (χ2v) is 2.71. The van der Waals surface area contributed by atoms with Crippen LogP contribution in [0.2, 0.25) is 0 Å². The van der Waals surface area contributed by atoms with Gasteiger partial charge in [0.25, 0.3) is 0 Å². The van der Waals surface area contributed by atoms with Crippen LogP contribution in [0, 0.1) is 0 Å². The molecule has 0 aliphatic carbocycles. The maximum Gasteiger partial charge on any atom is 0.413 e. The molecule has 7 nitrogen and oxygen atoms in total. The Hall–Kier alpha value is -1.63. The fourth-order valence-electron chi connectivity index (χ4n) is 0.658. The van der Waals surface area contributed by atoms with Gasteiger partial charge in [0.05, 0.1) is 13.2 Å². The van der Waals surface area contributed by atoms with Gasteiger partial charge in [0, 0.05) is 0 Å². The van der Waals surface area contributed by atoms with Crippen molar-refractivity contribution in [2.45, 2.75) is 19.9 Å². The highest BCUT2D eigenvalue weighted by molar-refractivity contribution is 5.93. The summed E-state index contributed by atoms with van der Waals surface area (Å²) in [5, 5.41) is 12.8. The zero-order valence-corrected chi connectivity index (χ0v) is 8.57. The number of aliphatic carboxylic acids is 1. The topological polar surface area (TPSA) is 105 Å². The summed E-state index contributed by atoms with van der Waals surface area (Å²) in [5.74, 6) is -1.71. The van der Waals surface area contributed by atoms with Crippen molar-refractivity contribution in [1.82, 2.24) is 10.6 Å². The molecule has 0 heterocycles. The van der Waals surface area contributed by atoms with E-state index in [1.807, 2.05) is 5.32 Å². The Kier molecular flexibility index (Phi) is 6.03.